The molecule has 0 saturated carbocycles. The van der Waals surface area contributed by atoms with Gasteiger partial charge >= 0.3 is 5.97 Å². The number of amides is 1. The Labute approximate surface area is 192 Å². The van der Waals surface area contributed by atoms with Crippen LogP contribution in [0.5, 0.6) is 0 Å². The largest absolute Gasteiger partial charge is 0.481 e. The molecule has 0 bridgehead atoms. The number of pyridine rings is 1. The molecule has 10 nitrogen and oxygen atoms in total. The molecular weight excluding hydrogens is 424 g/mol. The van der Waals surface area contributed by atoms with E-state index in [4.69, 9.17) is 0 Å². The number of anilines is 1. The van der Waals surface area contributed by atoms with Gasteiger partial charge in [-0.2, -0.15) is 0 Å². The number of nitrogens with zero attached hydrogens (tertiary/aromatic N) is 6. The molecule has 0 radical (unpaired) electrons. The first-order valence-corrected chi connectivity index (χ1v) is 11.2. The number of aliphatic hydroxyl groups is 1. The quantitative estimate of drug-likeness (QED) is 0.650. The number of likely N-dealkylation sites (tertiary alicyclic amines) is 1. The van der Waals surface area contributed by atoms with Crippen molar-refractivity contribution in [3.63, 3.8) is 0 Å². The van der Waals surface area contributed by atoms with Crippen LogP contribution in [-0.2, 0) is 9.59 Å². The summed E-state index contributed by atoms with van der Waals surface area (Å²) in [7, 11) is 0. The summed E-state index contributed by atoms with van der Waals surface area (Å²) in [5.74, 6) is 0.450. The van der Waals surface area contributed by atoms with Crippen molar-refractivity contribution in [1.29, 1.82) is 0 Å². The summed E-state index contributed by atoms with van der Waals surface area (Å²) in [5.41, 5.74) is -0.353. The molecule has 2 fully saturated rings. The van der Waals surface area contributed by atoms with Gasteiger partial charge in [0, 0.05) is 56.4 Å². The molecule has 2 saturated heterocycles. The Morgan fingerprint density at radius 2 is 1.94 bits per heavy atom. The molecule has 2 aliphatic rings. The van der Waals surface area contributed by atoms with E-state index in [0.717, 1.165) is 11.4 Å². The van der Waals surface area contributed by atoms with E-state index in [1.54, 1.807) is 24.7 Å². The van der Waals surface area contributed by atoms with Crippen LogP contribution in [0.25, 0.3) is 11.4 Å². The molecule has 1 amide bonds. The van der Waals surface area contributed by atoms with E-state index in [9.17, 15) is 19.8 Å². The molecular formula is C23H30N6O4. The lowest BCUT2D eigenvalue weighted by Gasteiger charge is -2.41. The topological polar surface area (TPSA) is 123 Å². The van der Waals surface area contributed by atoms with Crippen LogP contribution in [-0.4, -0.2) is 98.3 Å². The highest BCUT2D eigenvalue weighted by Crippen LogP contribution is 2.34. The lowest BCUT2D eigenvalue weighted by Crippen LogP contribution is -2.56. The smallest absolute Gasteiger partial charge is 0.313 e. The molecule has 2 aromatic heterocycles. The molecule has 3 unspecified atom stereocenters. The highest BCUT2D eigenvalue weighted by molar-refractivity contribution is 5.80. The first kappa shape index (κ1) is 23.1. The zero-order chi connectivity index (χ0) is 23.6. The summed E-state index contributed by atoms with van der Waals surface area (Å²) in [6.07, 6.45) is 4.53. The molecule has 2 aromatic rings. The van der Waals surface area contributed by atoms with Crippen LogP contribution in [0.2, 0.25) is 0 Å². The molecule has 0 aromatic carbocycles. The average molecular weight is 455 g/mol. The summed E-state index contributed by atoms with van der Waals surface area (Å²) in [5, 5.41) is 19.6. The van der Waals surface area contributed by atoms with E-state index < -0.39 is 17.5 Å². The fraction of sp³-hybridized carbons (Fsp3) is 0.522. The number of piperazine rings is 1. The molecule has 0 spiro atoms. The minimum Gasteiger partial charge on any atom is -0.481 e. The molecule has 33 heavy (non-hydrogen) atoms. The second kappa shape index (κ2) is 9.40. The number of aliphatic hydroxyl groups excluding tert-OH is 1. The Morgan fingerprint density at radius 3 is 2.52 bits per heavy atom. The molecule has 4 rings (SSSR count). The average Bonchev–Trinajstić information content (AvgIpc) is 3.25. The summed E-state index contributed by atoms with van der Waals surface area (Å²) in [4.78, 5) is 43.6. The van der Waals surface area contributed by atoms with Crippen molar-refractivity contribution in [2.24, 2.45) is 5.41 Å². The van der Waals surface area contributed by atoms with Gasteiger partial charge in [0.1, 0.15) is 11.2 Å². The van der Waals surface area contributed by atoms with Gasteiger partial charge in [0.2, 0.25) is 5.91 Å². The Morgan fingerprint density at radius 1 is 1.18 bits per heavy atom. The lowest BCUT2D eigenvalue weighted by molar-refractivity contribution is -0.155. The van der Waals surface area contributed by atoms with Gasteiger partial charge in [0.25, 0.3) is 0 Å². The minimum atomic E-state index is -1.20. The number of carbonyl (C=O) groups excluding carboxylic acids is 1. The maximum Gasteiger partial charge on any atom is 0.313 e. The van der Waals surface area contributed by atoms with Crippen LogP contribution >= 0.6 is 0 Å². The second-order valence-electron chi connectivity index (χ2n) is 8.96. The van der Waals surface area contributed by atoms with Crippen LogP contribution in [0, 0.1) is 5.41 Å². The standard InChI is InChI=1S/C23H30N6O4/c1-16-13-28(19-5-4-18(12-26-19)21-24-7-3-8-25-21)10-11-29(16)20(31)14-27-9-6-23(15-27,17(2)30)22(32)33/h3-5,7-8,12,16-17,30H,6,9-11,13-15H2,1-2H3,(H,32,33). The van der Waals surface area contributed by atoms with Crippen molar-refractivity contribution in [2.45, 2.75) is 32.4 Å². The monoisotopic (exact) mass is 454 g/mol. The zero-order valence-corrected chi connectivity index (χ0v) is 19.0. The first-order chi connectivity index (χ1) is 15.8. The summed E-state index contributed by atoms with van der Waals surface area (Å²) in [6, 6.07) is 5.66. The molecule has 2 N–H and O–H groups in total. The molecule has 3 atom stereocenters. The summed E-state index contributed by atoms with van der Waals surface area (Å²) in [6.45, 7) is 6.24. The zero-order valence-electron chi connectivity index (χ0n) is 19.0. The van der Waals surface area contributed by atoms with Crippen molar-refractivity contribution < 1.29 is 19.8 Å². The molecule has 10 heteroatoms. The first-order valence-electron chi connectivity index (χ1n) is 11.2. The summed E-state index contributed by atoms with van der Waals surface area (Å²) >= 11 is 0. The van der Waals surface area contributed by atoms with E-state index in [2.05, 4.69) is 19.9 Å². The van der Waals surface area contributed by atoms with E-state index in [0.29, 0.717) is 38.4 Å². The highest BCUT2D eigenvalue weighted by atomic mass is 16.4. The second-order valence-corrected chi connectivity index (χ2v) is 8.96. The summed E-state index contributed by atoms with van der Waals surface area (Å²) < 4.78 is 0. The molecule has 176 valence electrons. The van der Waals surface area contributed by atoms with Crippen LogP contribution in [0.3, 0.4) is 0 Å². The van der Waals surface area contributed by atoms with Gasteiger partial charge in [-0.25, -0.2) is 15.0 Å². The number of aliphatic carboxylic acids is 1. The number of hydrogen-bond acceptors (Lipinski definition) is 8. The molecule has 0 aliphatic carbocycles. The van der Waals surface area contributed by atoms with E-state index in [1.165, 1.54) is 6.92 Å². The highest BCUT2D eigenvalue weighted by Gasteiger charge is 2.49. The van der Waals surface area contributed by atoms with Gasteiger partial charge in [-0.05, 0) is 45.0 Å². The maximum absolute atomic E-state index is 13.0. The van der Waals surface area contributed by atoms with E-state index >= 15 is 0 Å². The molecule has 2 aliphatic heterocycles. The normalized spacial score (nSPS) is 24.6. The number of carboxylic acid groups (broad SMARTS) is 1. The van der Waals surface area contributed by atoms with Gasteiger partial charge < -0.3 is 20.0 Å². The number of carbonyl (C=O) groups is 2. The van der Waals surface area contributed by atoms with Gasteiger partial charge in [0.15, 0.2) is 5.82 Å². The Kier molecular flexibility index (Phi) is 6.57. The number of hydrogen-bond donors (Lipinski definition) is 2. The Balaban J connectivity index is 1.34. The lowest BCUT2D eigenvalue weighted by atomic mass is 9.82. The van der Waals surface area contributed by atoms with Crippen LogP contribution in [0.15, 0.2) is 36.8 Å². The van der Waals surface area contributed by atoms with Crippen LogP contribution in [0.1, 0.15) is 20.3 Å². The Hall–Kier alpha value is -3.11. The third-order valence-electron chi connectivity index (χ3n) is 6.81. The number of aromatic nitrogens is 3. The van der Waals surface area contributed by atoms with Gasteiger partial charge in [-0.1, -0.05) is 0 Å². The predicted molar refractivity (Wildman–Crippen MR) is 121 cm³/mol. The van der Waals surface area contributed by atoms with Crippen molar-refractivity contribution in [3.8, 4) is 11.4 Å². The number of carboxylic acids is 1. The van der Waals surface area contributed by atoms with Crippen molar-refractivity contribution in [1.82, 2.24) is 24.8 Å². The van der Waals surface area contributed by atoms with E-state index in [-0.39, 0.29) is 25.0 Å². The van der Waals surface area contributed by atoms with Crippen LogP contribution < -0.4 is 4.90 Å². The molecule has 4 heterocycles. The van der Waals surface area contributed by atoms with Crippen molar-refractivity contribution in [3.05, 3.63) is 36.8 Å². The van der Waals surface area contributed by atoms with Gasteiger partial charge in [0.05, 0.1) is 12.6 Å². The van der Waals surface area contributed by atoms with Crippen molar-refractivity contribution in [2.75, 3.05) is 44.2 Å². The van der Waals surface area contributed by atoms with Gasteiger partial charge in [-0.3, -0.25) is 14.5 Å². The fourth-order valence-electron chi connectivity index (χ4n) is 4.72. The predicted octanol–water partition coefficient (Wildman–Crippen LogP) is 0.733. The van der Waals surface area contributed by atoms with Crippen LogP contribution in [0.4, 0.5) is 5.82 Å². The fourth-order valence-corrected chi connectivity index (χ4v) is 4.72. The number of rotatable bonds is 6. The Bertz CT molecular complexity index is 986. The SMILES string of the molecule is CC1CN(c2ccc(-c3ncccn3)cn2)CCN1C(=O)CN1CCC(C(=O)O)(C(C)O)C1. The van der Waals surface area contributed by atoms with Crippen molar-refractivity contribution >= 4 is 17.7 Å². The third kappa shape index (κ3) is 4.67. The van der Waals surface area contributed by atoms with Gasteiger partial charge in [-0.15, -0.1) is 0 Å². The third-order valence-corrected chi connectivity index (χ3v) is 6.81. The van der Waals surface area contributed by atoms with E-state index in [1.807, 2.05) is 28.9 Å². The maximum atomic E-state index is 13.0. The minimum absolute atomic E-state index is 0.00576.